The molecule has 2 aromatic carbocycles. The first-order valence-corrected chi connectivity index (χ1v) is 11.4. The Morgan fingerprint density at radius 3 is 2.55 bits per heavy atom. The number of aromatic nitrogens is 3. The number of methoxy groups -OCH3 is 2. The summed E-state index contributed by atoms with van der Waals surface area (Å²) < 4.78 is 12.3. The van der Waals surface area contributed by atoms with E-state index in [1.807, 2.05) is 47.0 Å². The zero-order valence-electron chi connectivity index (χ0n) is 18.6. The van der Waals surface area contributed by atoms with Crippen LogP contribution < -0.4 is 15.4 Å². The molecule has 1 heterocycles. The van der Waals surface area contributed by atoms with Crippen LogP contribution in [0.1, 0.15) is 5.56 Å². The summed E-state index contributed by atoms with van der Waals surface area (Å²) in [5.41, 5.74) is 1.99. The van der Waals surface area contributed by atoms with Crippen LogP contribution in [0.25, 0.3) is 11.4 Å². The minimum atomic E-state index is -0.557. The van der Waals surface area contributed by atoms with Gasteiger partial charge in [0.1, 0.15) is 5.75 Å². The van der Waals surface area contributed by atoms with E-state index in [1.165, 1.54) is 24.4 Å². The lowest BCUT2D eigenvalue weighted by atomic mass is 10.1. The van der Waals surface area contributed by atoms with E-state index in [0.717, 1.165) is 12.0 Å². The van der Waals surface area contributed by atoms with Crippen LogP contribution in [0.2, 0.25) is 0 Å². The lowest BCUT2D eigenvalue weighted by Gasteiger charge is -2.12. The van der Waals surface area contributed by atoms with Crippen LogP contribution in [0.15, 0.2) is 59.8 Å². The number of rotatable bonds is 11. The van der Waals surface area contributed by atoms with Gasteiger partial charge in [-0.15, -0.1) is 10.2 Å². The van der Waals surface area contributed by atoms with Gasteiger partial charge in [-0.1, -0.05) is 54.2 Å². The normalized spacial score (nSPS) is 10.6. The molecule has 2 N–H and O–H groups in total. The number of amides is 3. The summed E-state index contributed by atoms with van der Waals surface area (Å²) in [6.07, 6.45) is 0.767. The Labute approximate surface area is 196 Å². The first-order valence-electron chi connectivity index (χ1n) is 10.4. The van der Waals surface area contributed by atoms with Crippen LogP contribution in [-0.2, 0) is 22.5 Å². The number of urea groups is 1. The molecule has 33 heavy (non-hydrogen) atoms. The number of nitrogens with zero attached hydrogens (tertiary/aromatic N) is 3. The number of ether oxygens (including phenoxy) is 2. The summed E-state index contributed by atoms with van der Waals surface area (Å²) in [5, 5.41) is 14.1. The smallest absolute Gasteiger partial charge is 0.321 e. The minimum Gasteiger partial charge on any atom is -0.496 e. The molecule has 3 amide bonds. The molecule has 1 aromatic heterocycles. The highest BCUT2D eigenvalue weighted by molar-refractivity contribution is 7.99. The van der Waals surface area contributed by atoms with E-state index in [-0.39, 0.29) is 5.75 Å². The summed E-state index contributed by atoms with van der Waals surface area (Å²) in [6.45, 7) is 1.30. The fourth-order valence-corrected chi connectivity index (χ4v) is 3.88. The van der Waals surface area contributed by atoms with Gasteiger partial charge in [0.15, 0.2) is 11.0 Å². The molecule has 0 unspecified atom stereocenters. The summed E-state index contributed by atoms with van der Waals surface area (Å²) in [6, 6.07) is 17.2. The van der Waals surface area contributed by atoms with E-state index in [2.05, 4.69) is 33.0 Å². The molecular formula is C23H27N5O4S. The van der Waals surface area contributed by atoms with Crippen LogP contribution >= 0.6 is 11.8 Å². The summed E-state index contributed by atoms with van der Waals surface area (Å²) in [7, 11) is 3.15. The summed E-state index contributed by atoms with van der Waals surface area (Å²) in [4.78, 5) is 24.0. The van der Waals surface area contributed by atoms with Gasteiger partial charge in [-0.05, 0) is 24.1 Å². The topological polar surface area (TPSA) is 107 Å². The van der Waals surface area contributed by atoms with Crippen molar-refractivity contribution in [3.05, 3.63) is 60.2 Å². The van der Waals surface area contributed by atoms with Crippen LogP contribution in [0.4, 0.5) is 4.79 Å². The van der Waals surface area contributed by atoms with Gasteiger partial charge in [0.25, 0.3) is 0 Å². The number of hydrogen-bond acceptors (Lipinski definition) is 7. The van der Waals surface area contributed by atoms with Crippen LogP contribution in [-0.4, -0.2) is 59.8 Å². The van der Waals surface area contributed by atoms with Crippen molar-refractivity contribution in [2.75, 3.05) is 33.1 Å². The van der Waals surface area contributed by atoms with Crippen molar-refractivity contribution >= 4 is 23.7 Å². The van der Waals surface area contributed by atoms with Gasteiger partial charge < -0.3 is 19.4 Å². The molecule has 10 heteroatoms. The van der Waals surface area contributed by atoms with E-state index >= 15 is 0 Å². The van der Waals surface area contributed by atoms with Crippen molar-refractivity contribution in [3.63, 3.8) is 0 Å². The number of nitrogens with one attached hydrogen (secondary N) is 2. The Morgan fingerprint density at radius 1 is 1.03 bits per heavy atom. The molecule has 0 bridgehead atoms. The predicted molar refractivity (Wildman–Crippen MR) is 126 cm³/mol. The van der Waals surface area contributed by atoms with E-state index in [9.17, 15) is 9.59 Å². The van der Waals surface area contributed by atoms with Crippen LogP contribution in [0, 0.1) is 0 Å². The van der Waals surface area contributed by atoms with Gasteiger partial charge >= 0.3 is 6.03 Å². The van der Waals surface area contributed by atoms with Gasteiger partial charge in [-0.25, -0.2) is 4.79 Å². The third-order valence-electron chi connectivity index (χ3n) is 4.71. The van der Waals surface area contributed by atoms with Gasteiger partial charge in [0, 0.05) is 20.2 Å². The second-order valence-electron chi connectivity index (χ2n) is 6.98. The van der Waals surface area contributed by atoms with E-state index in [0.29, 0.717) is 36.4 Å². The number of hydrogen-bond donors (Lipinski definition) is 2. The maximum Gasteiger partial charge on any atom is 0.321 e. The summed E-state index contributed by atoms with van der Waals surface area (Å²) in [5.74, 6) is 0.940. The first kappa shape index (κ1) is 24.3. The van der Waals surface area contributed by atoms with Gasteiger partial charge in [-0.2, -0.15) is 0 Å². The molecule has 0 aliphatic carbocycles. The van der Waals surface area contributed by atoms with Gasteiger partial charge in [0.2, 0.25) is 5.91 Å². The molecule has 174 valence electrons. The maximum atomic E-state index is 12.2. The Kier molecular flexibility index (Phi) is 9.28. The first-order chi connectivity index (χ1) is 16.1. The minimum absolute atomic E-state index is 0.0209. The van der Waals surface area contributed by atoms with Gasteiger partial charge in [0.05, 0.1) is 25.0 Å². The standard InChI is InChI=1S/C23H27N5O4S/c1-31-15-13-24-22(30)25-20(29)16-33-23-27-26-21(18-10-6-7-11-19(18)32-2)28(23)14-12-17-8-4-3-5-9-17/h3-11H,12-16H2,1-2H3,(H2,24,25,29,30). The third-order valence-corrected chi connectivity index (χ3v) is 5.68. The Bertz CT molecular complexity index is 1060. The van der Waals surface area contributed by atoms with Crippen molar-refractivity contribution in [2.45, 2.75) is 18.1 Å². The van der Waals surface area contributed by atoms with E-state index < -0.39 is 11.9 Å². The fourth-order valence-electron chi connectivity index (χ4n) is 3.11. The molecule has 0 spiro atoms. The molecule has 3 rings (SSSR count). The molecule has 0 aliphatic rings. The SMILES string of the molecule is COCCNC(=O)NC(=O)CSc1nnc(-c2ccccc2OC)n1CCc1ccccc1. The zero-order valence-corrected chi connectivity index (χ0v) is 19.4. The van der Waals surface area contributed by atoms with Crippen LogP contribution in [0.3, 0.4) is 0 Å². The highest BCUT2D eigenvalue weighted by atomic mass is 32.2. The molecule has 0 aliphatic heterocycles. The number of thioether (sulfide) groups is 1. The van der Waals surface area contributed by atoms with Gasteiger partial charge in [-0.3, -0.25) is 10.1 Å². The predicted octanol–water partition coefficient (Wildman–Crippen LogP) is 2.76. The number of imide groups is 1. The highest BCUT2D eigenvalue weighted by Crippen LogP contribution is 2.31. The number of carbonyl (C=O) groups excluding carboxylic acids is 2. The van der Waals surface area contributed by atoms with E-state index in [1.54, 1.807) is 7.11 Å². The lowest BCUT2D eigenvalue weighted by Crippen LogP contribution is -2.41. The molecule has 0 fully saturated rings. The number of para-hydroxylation sites is 1. The van der Waals surface area contributed by atoms with E-state index in [4.69, 9.17) is 9.47 Å². The number of benzene rings is 2. The third kappa shape index (κ3) is 7.06. The lowest BCUT2D eigenvalue weighted by molar-refractivity contribution is -0.117. The number of aryl methyl sites for hydroxylation is 1. The quantitative estimate of drug-likeness (QED) is 0.328. The average molecular weight is 470 g/mol. The zero-order chi connectivity index (χ0) is 23.5. The second-order valence-corrected chi connectivity index (χ2v) is 7.92. The highest BCUT2D eigenvalue weighted by Gasteiger charge is 2.19. The molecule has 9 nitrogen and oxygen atoms in total. The molecule has 3 aromatic rings. The maximum absolute atomic E-state index is 12.2. The monoisotopic (exact) mass is 469 g/mol. The number of carbonyl (C=O) groups is 2. The average Bonchev–Trinajstić information content (AvgIpc) is 3.24. The van der Waals surface area contributed by atoms with Crippen molar-refractivity contribution in [2.24, 2.45) is 0 Å². The van der Waals surface area contributed by atoms with Crippen molar-refractivity contribution in [3.8, 4) is 17.1 Å². The van der Waals surface area contributed by atoms with Crippen LogP contribution in [0.5, 0.6) is 5.75 Å². The summed E-state index contributed by atoms with van der Waals surface area (Å²) >= 11 is 1.22. The molecule has 0 saturated heterocycles. The molecule has 0 radical (unpaired) electrons. The van der Waals surface area contributed by atoms with Crippen molar-refractivity contribution < 1.29 is 19.1 Å². The molecular weight excluding hydrogens is 442 g/mol. The molecule has 0 saturated carbocycles. The Balaban J connectivity index is 1.74. The Morgan fingerprint density at radius 2 is 1.79 bits per heavy atom. The largest absolute Gasteiger partial charge is 0.496 e. The van der Waals surface area contributed by atoms with Crippen molar-refractivity contribution in [1.82, 2.24) is 25.4 Å². The molecule has 0 atom stereocenters. The second kappa shape index (κ2) is 12.6. The van der Waals surface area contributed by atoms with Crippen molar-refractivity contribution in [1.29, 1.82) is 0 Å². The fraction of sp³-hybridized carbons (Fsp3) is 0.304. The Hall–Kier alpha value is -3.37.